The van der Waals surface area contributed by atoms with Gasteiger partial charge in [-0.2, -0.15) is 11.8 Å². The maximum atomic E-state index is 5.92. The highest BCUT2D eigenvalue weighted by molar-refractivity contribution is 7.99. The molecule has 0 aromatic rings. The zero-order valence-electron chi connectivity index (χ0n) is 7.08. The highest BCUT2D eigenvalue weighted by atomic mass is 32.2. The fourth-order valence-electron chi connectivity index (χ4n) is 1.47. The van der Waals surface area contributed by atoms with Crippen molar-refractivity contribution in [3.8, 4) is 0 Å². The monoisotopic (exact) mass is 175 g/mol. The van der Waals surface area contributed by atoms with Gasteiger partial charge in [-0.15, -0.1) is 0 Å². The largest absolute Gasteiger partial charge is 0.383 e. The van der Waals surface area contributed by atoms with Crippen molar-refractivity contribution in [2.24, 2.45) is 11.7 Å². The second-order valence-electron chi connectivity index (χ2n) is 3.07. The minimum atomic E-state index is 0.265. The summed E-state index contributed by atoms with van der Waals surface area (Å²) in [5, 5.41) is 0. The molecule has 1 fully saturated rings. The Balaban J connectivity index is 2.21. The van der Waals surface area contributed by atoms with Crippen molar-refractivity contribution in [1.29, 1.82) is 0 Å². The Morgan fingerprint density at radius 3 is 2.73 bits per heavy atom. The van der Waals surface area contributed by atoms with E-state index in [2.05, 4.69) is 0 Å². The molecule has 11 heavy (non-hydrogen) atoms. The molecule has 1 aliphatic rings. The van der Waals surface area contributed by atoms with E-state index in [1.165, 1.54) is 24.3 Å². The predicted molar refractivity (Wildman–Crippen MR) is 49.9 cm³/mol. The van der Waals surface area contributed by atoms with Gasteiger partial charge in [0.15, 0.2) is 0 Å². The Bertz CT molecular complexity index is 104. The highest BCUT2D eigenvalue weighted by Crippen LogP contribution is 2.24. The van der Waals surface area contributed by atoms with Crippen molar-refractivity contribution in [2.45, 2.75) is 18.9 Å². The Labute approximate surface area is 72.9 Å². The average Bonchev–Trinajstić information content (AvgIpc) is 2.07. The standard InChI is InChI=1S/C8H17NOS/c1-10-6-8(9)7-2-4-11-5-3-7/h7-8H,2-6,9H2,1H3. The van der Waals surface area contributed by atoms with Gasteiger partial charge in [-0.05, 0) is 30.3 Å². The van der Waals surface area contributed by atoms with Crippen LogP contribution in [-0.4, -0.2) is 31.3 Å². The summed E-state index contributed by atoms with van der Waals surface area (Å²) in [6.45, 7) is 0.718. The highest BCUT2D eigenvalue weighted by Gasteiger charge is 2.20. The third-order valence-electron chi connectivity index (χ3n) is 2.23. The Hall–Kier alpha value is 0.270. The number of ether oxygens (including phenoxy) is 1. The molecule has 0 spiro atoms. The van der Waals surface area contributed by atoms with E-state index in [-0.39, 0.29) is 6.04 Å². The smallest absolute Gasteiger partial charge is 0.0616 e. The van der Waals surface area contributed by atoms with Crippen LogP contribution in [0.3, 0.4) is 0 Å². The van der Waals surface area contributed by atoms with E-state index in [1.807, 2.05) is 11.8 Å². The summed E-state index contributed by atoms with van der Waals surface area (Å²) in [5.41, 5.74) is 5.92. The van der Waals surface area contributed by atoms with Crippen molar-refractivity contribution in [1.82, 2.24) is 0 Å². The van der Waals surface area contributed by atoms with Crippen LogP contribution < -0.4 is 5.73 Å². The fraction of sp³-hybridized carbons (Fsp3) is 1.00. The van der Waals surface area contributed by atoms with Gasteiger partial charge < -0.3 is 10.5 Å². The molecule has 0 aromatic carbocycles. The average molecular weight is 175 g/mol. The molecule has 1 saturated heterocycles. The number of hydrogen-bond acceptors (Lipinski definition) is 3. The molecule has 1 atom stereocenters. The van der Waals surface area contributed by atoms with Crippen LogP contribution in [0.15, 0.2) is 0 Å². The molecule has 0 radical (unpaired) electrons. The van der Waals surface area contributed by atoms with E-state index in [4.69, 9.17) is 10.5 Å². The van der Waals surface area contributed by atoms with Crippen LogP contribution in [0, 0.1) is 5.92 Å². The molecule has 66 valence electrons. The minimum absolute atomic E-state index is 0.265. The van der Waals surface area contributed by atoms with Crippen LogP contribution in [0.1, 0.15) is 12.8 Å². The van der Waals surface area contributed by atoms with Crippen molar-refractivity contribution in [2.75, 3.05) is 25.2 Å². The van der Waals surface area contributed by atoms with Gasteiger partial charge in [0.1, 0.15) is 0 Å². The second-order valence-corrected chi connectivity index (χ2v) is 4.29. The molecule has 1 aliphatic heterocycles. The Morgan fingerprint density at radius 1 is 1.55 bits per heavy atom. The number of hydrogen-bond donors (Lipinski definition) is 1. The summed E-state index contributed by atoms with van der Waals surface area (Å²) in [4.78, 5) is 0. The van der Waals surface area contributed by atoms with Gasteiger partial charge in [0, 0.05) is 13.2 Å². The molecule has 0 amide bonds. The summed E-state index contributed by atoms with van der Waals surface area (Å²) >= 11 is 2.04. The third kappa shape index (κ3) is 3.01. The fourth-order valence-corrected chi connectivity index (χ4v) is 2.62. The van der Waals surface area contributed by atoms with Crippen LogP contribution >= 0.6 is 11.8 Å². The van der Waals surface area contributed by atoms with E-state index in [9.17, 15) is 0 Å². The van der Waals surface area contributed by atoms with E-state index in [1.54, 1.807) is 7.11 Å². The predicted octanol–water partition coefficient (Wildman–Crippen LogP) is 1.10. The minimum Gasteiger partial charge on any atom is -0.383 e. The lowest BCUT2D eigenvalue weighted by molar-refractivity contribution is 0.154. The van der Waals surface area contributed by atoms with Gasteiger partial charge in [0.2, 0.25) is 0 Å². The van der Waals surface area contributed by atoms with Gasteiger partial charge in [0.05, 0.1) is 6.61 Å². The first-order chi connectivity index (χ1) is 5.34. The van der Waals surface area contributed by atoms with Crippen LogP contribution in [0.2, 0.25) is 0 Å². The van der Waals surface area contributed by atoms with Crippen molar-refractivity contribution in [3.63, 3.8) is 0 Å². The molecule has 0 aromatic heterocycles. The molecule has 3 heteroatoms. The summed E-state index contributed by atoms with van der Waals surface area (Å²) < 4.78 is 5.03. The van der Waals surface area contributed by atoms with Crippen LogP contribution in [0.25, 0.3) is 0 Å². The van der Waals surface area contributed by atoms with Crippen LogP contribution in [-0.2, 0) is 4.74 Å². The second kappa shape index (κ2) is 5.01. The van der Waals surface area contributed by atoms with Crippen molar-refractivity contribution in [3.05, 3.63) is 0 Å². The number of rotatable bonds is 3. The zero-order valence-corrected chi connectivity index (χ0v) is 7.90. The summed E-state index contributed by atoms with van der Waals surface area (Å²) in [6.07, 6.45) is 2.55. The molecule has 0 aliphatic carbocycles. The van der Waals surface area contributed by atoms with Crippen molar-refractivity contribution >= 4 is 11.8 Å². The molecule has 1 unspecified atom stereocenters. The Morgan fingerprint density at radius 2 is 2.18 bits per heavy atom. The van der Waals surface area contributed by atoms with Gasteiger partial charge in [0.25, 0.3) is 0 Å². The first kappa shape index (κ1) is 9.36. The van der Waals surface area contributed by atoms with Crippen LogP contribution in [0.5, 0.6) is 0 Å². The van der Waals surface area contributed by atoms with E-state index >= 15 is 0 Å². The number of nitrogens with two attached hydrogens (primary N) is 1. The first-order valence-electron chi connectivity index (χ1n) is 4.17. The number of thioether (sulfide) groups is 1. The lowest BCUT2D eigenvalue weighted by atomic mass is 9.95. The summed E-state index contributed by atoms with van der Waals surface area (Å²) in [6, 6.07) is 0.265. The molecule has 0 saturated carbocycles. The van der Waals surface area contributed by atoms with E-state index < -0.39 is 0 Å². The SMILES string of the molecule is COCC(N)C1CCSCC1. The lowest BCUT2D eigenvalue weighted by Gasteiger charge is -2.26. The van der Waals surface area contributed by atoms with E-state index in [0.29, 0.717) is 5.92 Å². The third-order valence-corrected chi connectivity index (χ3v) is 3.28. The van der Waals surface area contributed by atoms with Crippen LogP contribution in [0.4, 0.5) is 0 Å². The van der Waals surface area contributed by atoms with Crippen molar-refractivity contribution < 1.29 is 4.74 Å². The summed E-state index contributed by atoms with van der Waals surface area (Å²) in [5.74, 6) is 3.26. The zero-order chi connectivity index (χ0) is 8.10. The van der Waals surface area contributed by atoms with Gasteiger partial charge in [-0.3, -0.25) is 0 Å². The molecule has 2 N–H and O–H groups in total. The maximum absolute atomic E-state index is 5.92. The van der Waals surface area contributed by atoms with Gasteiger partial charge >= 0.3 is 0 Å². The molecule has 1 rings (SSSR count). The molecule has 0 bridgehead atoms. The van der Waals surface area contributed by atoms with Gasteiger partial charge in [-0.1, -0.05) is 0 Å². The topological polar surface area (TPSA) is 35.2 Å². The summed E-state index contributed by atoms with van der Waals surface area (Å²) in [7, 11) is 1.72. The molecule has 2 nitrogen and oxygen atoms in total. The Kier molecular flexibility index (Phi) is 4.26. The maximum Gasteiger partial charge on any atom is 0.0616 e. The normalized spacial score (nSPS) is 23.5. The molecular weight excluding hydrogens is 158 g/mol. The number of methoxy groups -OCH3 is 1. The van der Waals surface area contributed by atoms with Gasteiger partial charge in [-0.25, -0.2) is 0 Å². The quantitative estimate of drug-likeness (QED) is 0.697. The molecular formula is C8H17NOS. The first-order valence-corrected chi connectivity index (χ1v) is 5.32. The van der Waals surface area contributed by atoms with E-state index in [0.717, 1.165) is 6.61 Å². The molecule has 1 heterocycles. The lowest BCUT2D eigenvalue weighted by Crippen LogP contribution is -2.36.